The molecule has 2 unspecified atom stereocenters. The monoisotopic (exact) mass is 204 g/mol. The maximum absolute atomic E-state index is 3.65. The van der Waals surface area contributed by atoms with E-state index in [-0.39, 0.29) is 5.54 Å². The van der Waals surface area contributed by atoms with E-state index < -0.39 is 0 Å². The molecule has 2 heteroatoms. The Labute approximate surface area is 92.1 Å². The standard InChI is InChI=1S/C13H20N2/c1-3-12-9-15-13(2,10-14-12)11-7-5-4-6-8-11/h4-8,12,14-15H,3,9-10H2,1-2H3. The molecule has 15 heavy (non-hydrogen) atoms. The van der Waals surface area contributed by atoms with Crippen molar-refractivity contribution >= 4 is 0 Å². The quantitative estimate of drug-likeness (QED) is 0.768. The fourth-order valence-corrected chi connectivity index (χ4v) is 2.13. The van der Waals surface area contributed by atoms with Crippen molar-refractivity contribution in [2.75, 3.05) is 13.1 Å². The number of benzene rings is 1. The van der Waals surface area contributed by atoms with Gasteiger partial charge >= 0.3 is 0 Å². The minimum Gasteiger partial charge on any atom is -0.311 e. The Bertz CT molecular complexity index is 300. The molecule has 1 aliphatic heterocycles. The van der Waals surface area contributed by atoms with Gasteiger partial charge in [-0.3, -0.25) is 0 Å². The van der Waals surface area contributed by atoms with Gasteiger partial charge in [-0.05, 0) is 18.9 Å². The van der Waals surface area contributed by atoms with Gasteiger partial charge in [0.2, 0.25) is 0 Å². The van der Waals surface area contributed by atoms with Crippen LogP contribution >= 0.6 is 0 Å². The van der Waals surface area contributed by atoms with Gasteiger partial charge in [-0.15, -0.1) is 0 Å². The summed E-state index contributed by atoms with van der Waals surface area (Å²) in [6, 6.07) is 11.3. The van der Waals surface area contributed by atoms with Crippen molar-refractivity contribution in [2.45, 2.75) is 31.8 Å². The van der Waals surface area contributed by atoms with Gasteiger partial charge in [0.05, 0.1) is 5.54 Å². The van der Waals surface area contributed by atoms with Gasteiger partial charge in [-0.25, -0.2) is 0 Å². The van der Waals surface area contributed by atoms with E-state index in [2.05, 4.69) is 54.8 Å². The molecule has 1 aromatic carbocycles. The van der Waals surface area contributed by atoms with Crippen molar-refractivity contribution in [3.63, 3.8) is 0 Å². The van der Waals surface area contributed by atoms with Crippen LogP contribution in [-0.4, -0.2) is 19.1 Å². The first-order chi connectivity index (χ1) is 7.24. The minimum absolute atomic E-state index is 0.0902. The summed E-state index contributed by atoms with van der Waals surface area (Å²) in [7, 11) is 0. The van der Waals surface area contributed by atoms with Gasteiger partial charge in [0.25, 0.3) is 0 Å². The second-order valence-electron chi connectivity index (χ2n) is 4.57. The number of nitrogens with one attached hydrogen (secondary N) is 2. The van der Waals surface area contributed by atoms with Crippen molar-refractivity contribution in [1.29, 1.82) is 0 Å². The average Bonchev–Trinajstić information content (AvgIpc) is 2.31. The molecule has 2 nitrogen and oxygen atoms in total. The van der Waals surface area contributed by atoms with Crippen LogP contribution in [0.3, 0.4) is 0 Å². The zero-order chi connectivity index (χ0) is 10.7. The summed E-state index contributed by atoms with van der Waals surface area (Å²) in [6.45, 7) is 6.56. The van der Waals surface area contributed by atoms with E-state index in [1.165, 1.54) is 12.0 Å². The van der Waals surface area contributed by atoms with Crippen LogP contribution in [0.2, 0.25) is 0 Å². The van der Waals surface area contributed by atoms with Crippen LogP contribution in [-0.2, 0) is 5.54 Å². The largest absolute Gasteiger partial charge is 0.311 e. The first-order valence-electron chi connectivity index (χ1n) is 5.78. The summed E-state index contributed by atoms with van der Waals surface area (Å²) in [4.78, 5) is 0. The third-order valence-corrected chi connectivity index (χ3v) is 3.39. The summed E-state index contributed by atoms with van der Waals surface area (Å²) in [5.41, 5.74) is 1.46. The Morgan fingerprint density at radius 1 is 1.33 bits per heavy atom. The highest BCUT2D eigenvalue weighted by molar-refractivity contribution is 5.25. The molecule has 1 fully saturated rings. The summed E-state index contributed by atoms with van der Waals surface area (Å²) < 4.78 is 0. The Kier molecular flexibility index (Phi) is 3.08. The summed E-state index contributed by atoms with van der Waals surface area (Å²) in [5, 5.41) is 7.25. The zero-order valence-corrected chi connectivity index (χ0v) is 9.59. The Morgan fingerprint density at radius 3 is 2.60 bits per heavy atom. The lowest BCUT2D eigenvalue weighted by atomic mass is 9.89. The third kappa shape index (κ3) is 2.21. The molecular weight excluding hydrogens is 184 g/mol. The third-order valence-electron chi connectivity index (χ3n) is 3.39. The van der Waals surface area contributed by atoms with Gasteiger partial charge in [-0.2, -0.15) is 0 Å². The van der Waals surface area contributed by atoms with E-state index >= 15 is 0 Å². The van der Waals surface area contributed by atoms with Crippen LogP contribution in [0.25, 0.3) is 0 Å². The van der Waals surface area contributed by atoms with Gasteiger partial charge in [0.1, 0.15) is 0 Å². The average molecular weight is 204 g/mol. The molecule has 0 aliphatic carbocycles. The van der Waals surface area contributed by atoms with Crippen molar-refractivity contribution in [3.8, 4) is 0 Å². The van der Waals surface area contributed by atoms with Crippen LogP contribution in [0.4, 0.5) is 0 Å². The molecule has 1 heterocycles. The smallest absolute Gasteiger partial charge is 0.0533 e. The van der Waals surface area contributed by atoms with Crippen LogP contribution in [0.15, 0.2) is 30.3 Å². The van der Waals surface area contributed by atoms with E-state index in [1.807, 2.05) is 0 Å². The number of rotatable bonds is 2. The van der Waals surface area contributed by atoms with E-state index in [9.17, 15) is 0 Å². The minimum atomic E-state index is 0.0902. The molecule has 1 saturated heterocycles. The molecule has 2 N–H and O–H groups in total. The molecule has 0 amide bonds. The molecule has 0 saturated carbocycles. The van der Waals surface area contributed by atoms with E-state index in [1.54, 1.807) is 0 Å². The van der Waals surface area contributed by atoms with Gasteiger partial charge in [0, 0.05) is 19.1 Å². The first-order valence-corrected chi connectivity index (χ1v) is 5.78. The van der Waals surface area contributed by atoms with Crippen LogP contribution < -0.4 is 10.6 Å². The van der Waals surface area contributed by atoms with Gasteiger partial charge in [-0.1, -0.05) is 37.3 Å². The molecule has 2 atom stereocenters. The molecule has 1 aromatic rings. The first kappa shape index (κ1) is 10.7. The Hall–Kier alpha value is -0.860. The van der Waals surface area contributed by atoms with Gasteiger partial charge in [0.15, 0.2) is 0 Å². The topological polar surface area (TPSA) is 24.1 Å². The molecule has 82 valence electrons. The second kappa shape index (κ2) is 4.33. The van der Waals surface area contributed by atoms with Crippen LogP contribution in [0.5, 0.6) is 0 Å². The zero-order valence-electron chi connectivity index (χ0n) is 9.59. The molecular formula is C13H20N2. The summed E-state index contributed by atoms with van der Waals surface area (Å²) in [5.74, 6) is 0. The lowest BCUT2D eigenvalue weighted by Gasteiger charge is -2.39. The van der Waals surface area contributed by atoms with Crippen molar-refractivity contribution in [3.05, 3.63) is 35.9 Å². The number of hydrogen-bond acceptors (Lipinski definition) is 2. The highest BCUT2D eigenvalue weighted by atomic mass is 15.1. The van der Waals surface area contributed by atoms with Crippen LogP contribution in [0, 0.1) is 0 Å². The predicted molar refractivity (Wildman–Crippen MR) is 63.9 cm³/mol. The second-order valence-corrected chi connectivity index (χ2v) is 4.57. The Morgan fingerprint density at radius 2 is 2.07 bits per heavy atom. The molecule has 0 spiro atoms. The fraction of sp³-hybridized carbons (Fsp3) is 0.538. The maximum atomic E-state index is 3.65. The van der Waals surface area contributed by atoms with E-state index in [0.717, 1.165) is 13.1 Å². The normalized spacial score (nSPS) is 31.5. The fourth-order valence-electron chi connectivity index (χ4n) is 2.13. The highest BCUT2D eigenvalue weighted by Crippen LogP contribution is 2.22. The lowest BCUT2D eigenvalue weighted by molar-refractivity contribution is 0.253. The van der Waals surface area contributed by atoms with E-state index in [0.29, 0.717) is 6.04 Å². The maximum Gasteiger partial charge on any atom is 0.0533 e. The molecule has 2 rings (SSSR count). The molecule has 0 aromatic heterocycles. The summed E-state index contributed by atoms with van der Waals surface area (Å²) >= 11 is 0. The molecule has 0 bridgehead atoms. The lowest BCUT2D eigenvalue weighted by Crippen LogP contribution is -2.59. The molecule has 0 radical (unpaired) electrons. The highest BCUT2D eigenvalue weighted by Gasteiger charge is 2.30. The van der Waals surface area contributed by atoms with Gasteiger partial charge < -0.3 is 10.6 Å². The molecule has 1 aliphatic rings. The summed E-state index contributed by atoms with van der Waals surface area (Å²) in [6.07, 6.45) is 1.19. The van der Waals surface area contributed by atoms with Crippen molar-refractivity contribution in [2.24, 2.45) is 0 Å². The predicted octanol–water partition coefficient (Wildman–Crippen LogP) is 1.87. The van der Waals surface area contributed by atoms with E-state index in [4.69, 9.17) is 0 Å². The SMILES string of the molecule is CCC1CNC(C)(c2ccccc2)CN1. The van der Waals surface area contributed by atoms with Crippen molar-refractivity contribution < 1.29 is 0 Å². The number of piperazine rings is 1. The number of hydrogen-bond donors (Lipinski definition) is 2. The van der Waals surface area contributed by atoms with Crippen LogP contribution in [0.1, 0.15) is 25.8 Å². The Balaban J connectivity index is 2.10. The van der Waals surface area contributed by atoms with Crippen molar-refractivity contribution in [1.82, 2.24) is 10.6 Å².